The van der Waals surface area contributed by atoms with Gasteiger partial charge in [0.1, 0.15) is 11.4 Å². The van der Waals surface area contributed by atoms with E-state index in [2.05, 4.69) is 15.5 Å². The van der Waals surface area contributed by atoms with E-state index in [9.17, 15) is 14.7 Å². The fourth-order valence-corrected chi connectivity index (χ4v) is 1.39. The Morgan fingerprint density at radius 3 is 2.71 bits per heavy atom. The molecule has 0 spiro atoms. The summed E-state index contributed by atoms with van der Waals surface area (Å²) in [4.78, 5) is 22.5. The standard InChI is InChI=1S/C11H11N3O3/c1-6-2-3-9(15)7(4-6)12-11(17)8-5-10(16)14-13-8/h2-5,15H,1H3,(H,12,17)(H2,13,14,16). The van der Waals surface area contributed by atoms with Crippen molar-refractivity contribution in [2.24, 2.45) is 0 Å². The van der Waals surface area contributed by atoms with Crippen LogP contribution in [-0.4, -0.2) is 21.2 Å². The zero-order chi connectivity index (χ0) is 12.4. The van der Waals surface area contributed by atoms with E-state index in [4.69, 9.17) is 0 Å². The SMILES string of the molecule is Cc1ccc(O)c(NC(=O)c2cc(=O)[nH][nH]2)c1. The summed E-state index contributed by atoms with van der Waals surface area (Å²) in [6, 6.07) is 5.99. The van der Waals surface area contributed by atoms with Crippen molar-refractivity contribution >= 4 is 11.6 Å². The van der Waals surface area contributed by atoms with Crippen LogP contribution in [0.3, 0.4) is 0 Å². The van der Waals surface area contributed by atoms with Gasteiger partial charge in [-0.1, -0.05) is 6.07 Å². The minimum Gasteiger partial charge on any atom is -0.506 e. The molecule has 88 valence electrons. The Labute approximate surface area is 96.3 Å². The zero-order valence-electron chi connectivity index (χ0n) is 9.07. The molecule has 1 heterocycles. The lowest BCUT2D eigenvalue weighted by Crippen LogP contribution is -2.12. The number of carbonyl (C=O) groups is 1. The predicted octanol–water partition coefficient (Wildman–Crippen LogP) is 0.969. The lowest BCUT2D eigenvalue weighted by molar-refractivity contribution is 0.102. The summed E-state index contributed by atoms with van der Waals surface area (Å²) in [6.45, 7) is 1.84. The molecule has 6 nitrogen and oxygen atoms in total. The Morgan fingerprint density at radius 2 is 2.06 bits per heavy atom. The maximum atomic E-state index is 11.7. The summed E-state index contributed by atoms with van der Waals surface area (Å²) < 4.78 is 0. The molecule has 1 aromatic heterocycles. The fourth-order valence-electron chi connectivity index (χ4n) is 1.39. The normalized spacial score (nSPS) is 10.2. The van der Waals surface area contributed by atoms with Crippen LogP contribution in [0.2, 0.25) is 0 Å². The monoisotopic (exact) mass is 233 g/mol. The minimum absolute atomic E-state index is 0.0261. The van der Waals surface area contributed by atoms with Gasteiger partial charge in [-0.2, -0.15) is 0 Å². The molecule has 0 unspecified atom stereocenters. The molecule has 17 heavy (non-hydrogen) atoms. The summed E-state index contributed by atoms with van der Waals surface area (Å²) in [6.07, 6.45) is 0. The first-order chi connectivity index (χ1) is 8.06. The van der Waals surface area contributed by atoms with E-state index in [1.54, 1.807) is 12.1 Å². The van der Waals surface area contributed by atoms with Crippen molar-refractivity contribution in [2.45, 2.75) is 6.92 Å². The first-order valence-electron chi connectivity index (χ1n) is 4.95. The Balaban J connectivity index is 2.24. The number of amides is 1. The fraction of sp³-hybridized carbons (Fsp3) is 0.0909. The molecule has 0 aliphatic heterocycles. The van der Waals surface area contributed by atoms with Gasteiger partial charge in [0.2, 0.25) is 0 Å². The first-order valence-corrected chi connectivity index (χ1v) is 4.95. The number of aromatic nitrogens is 2. The molecule has 0 saturated carbocycles. The Kier molecular flexibility index (Phi) is 2.70. The average molecular weight is 233 g/mol. The highest BCUT2D eigenvalue weighted by atomic mass is 16.3. The Bertz CT molecular complexity index is 612. The molecule has 0 aliphatic carbocycles. The highest BCUT2D eigenvalue weighted by Gasteiger charge is 2.10. The number of H-pyrrole nitrogens is 2. The maximum Gasteiger partial charge on any atom is 0.273 e. The number of anilines is 1. The maximum absolute atomic E-state index is 11.7. The molecule has 0 atom stereocenters. The van der Waals surface area contributed by atoms with E-state index >= 15 is 0 Å². The lowest BCUT2D eigenvalue weighted by Gasteiger charge is -2.06. The van der Waals surface area contributed by atoms with E-state index in [-0.39, 0.29) is 17.0 Å². The van der Waals surface area contributed by atoms with Crippen molar-refractivity contribution in [3.05, 3.63) is 45.9 Å². The van der Waals surface area contributed by atoms with Gasteiger partial charge in [-0.15, -0.1) is 0 Å². The van der Waals surface area contributed by atoms with Gasteiger partial charge in [0.15, 0.2) is 0 Å². The van der Waals surface area contributed by atoms with E-state index in [0.29, 0.717) is 5.69 Å². The number of phenols is 1. The van der Waals surface area contributed by atoms with Crippen LogP contribution in [-0.2, 0) is 0 Å². The van der Waals surface area contributed by atoms with Crippen molar-refractivity contribution in [3.8, 4) is 5.75 Å². The van der Waals surface area contributed by atoms with Gasteiger partial charge in [-0.05, 0) is 24.6 Å². The van der Waals surface area contributed by atoms with Gasteiger partial charge in [0.25, 0.3) is 11.5 Å². The summed E-state index contributed by atoms with van der Waals surface area (Å²) in [5.74, 6) is -0.522. The van der Waals surface area contributed by atoms with Crippen LogP contribution in [0.4, 0.5) is 5.69 Å². The second-order valence-electron chi connectivity index (χ2n) is 3.65. The molecule has 0 bridgehead atoms. The van der Waals surface area contributed by atoms with Crippen molar-refractivity contribution in [1.29, 1.82) is 0 Å². The molecular formula is C11H11N3O3. The van der Waals surface area contributed by atoms with Crippen LogP contribution >= 0.6 is 0 Å². The molecule has 0 aliphatic rings. The van der Waals surface area contributed by atoms with Gasteiger partial charge in [0, 0.05) is 6.07 Å². The predicted molar refractivity (Wildman–Crippen MR) is 62.2 cm³/mol. The van der Waals surface area contributed by atoms with Crippen molar-refractivity contribution in [2.75, 3.05) is 5.32 Å². The number of aromatic hydroxyl groups is 1. The van der Waals surface area contributed by atoms with E-state index in [1.165, 1.54) is 6.07 Å². The third-order valence-corrected chi connectivity index (χ3v) is 2.24. The van der Waals surface area contributed by atoms with Crippen molar-refractivity contribution in [3.63, 3.8) is 0 Å². The number of nitrogens with one attached hydrogen (secondary N) is 3. The molecular weight excluding hydrogens is 222 g/mol. The zero-order valence-corrected chi connectivity index (χ0v) is 9.07. The number of benzene rings is 1. The van der Waals surface area contributed by atoms with Crippen LogP contribution in [0.1, 0.15) is 16.1 Å². The molecule has 0 fully saturated rings. The largest absolute Gasteiger partial charge is 0.506 e. The molecule has 4 N–H and O–H groups in total. The number of carbonyl (C=O) groups excluding carboxylic acids is 1. The number of phenolic OH excluding ortho intramolecular Hbond substituents is 1. The van der Waals surface area contributed by atoms with Gasteiger partial charge in [-0.3, -0.25) is 19.8 Å². The second-order valence-corrected chi connectivity index (χ2v) is 3.65. The smallest absolute Gasteiger partial charge is 0.273 e. The molecule has 2 aromatic rings. The summed E-state index contributed by atoms with van der Waals surface area (Å²) >= 11 is 0. The topological polar surface area (TPSA) is 98.0 Å². The molecule has 2 rings (SSSR count). The third-order valence-electron chi connectivity index (χ3n) is 2.24. The molecule has 1 amide bonds. The highest BCUT2D eigenvalue weighted by Crippen LogP contribution is 2.24. The van der Waals surface area contributed by atoms with Crippen molar-refractivity contribution in [1.82, 2.24) is 10.2 Å². The number of hydrogen-bond donors (Lipinski definition) is 4. The molecule has 6 heteroatoms. The van der Waals surface area contributed by atoms with Gasteiger partial charge in [0.05, 0.1) is 5.69 Å². The minimum atomic E-state index is -0.496. The molecule has 1 aromatic carbocycles. The van der Waals surface area contributed by atoms with E-state index in [0.717, 1.165) is 11.6 Å². The quantitative estimate of drug-likeness (QED) is 0.582. The van der Waals surface area contributed by atoms with Crippen LogP contribution in [0.15, 0.2) is 29.1 Å². The van der Waals surface area contributed by atoms with Gasteiger partial charge >= 0.3 is 0 Å². The van der Waals surface area contributed by atoms with Crippen LogP contribution in [0.25, 0.3) is 0 Å². The second kappa shape index (κ2) is 4.17. The van der Waals surface area contributed by atoms with Crippen LogP contribution in [0, 0.1) is 6.92 Å². The molecule has 0 saturated heterocycles. The number of aryl methyl sites for hydroxylation is 1. The number of hydrogen-bond acceptors (Lipinski definition) is 3. The van der Waals surface area contributed by atoms with Gasteiger partial charge in [-0.25, -0.2) is 0 Å². The summed E-state index contributed by atoms with van der Waals surface area (Å²) in [5.41, 5.74) is 0.928. The van der Waals surface area contributed by atoms with Crippen molar-refractivity contribution < 1.29 is 9.90 Å². The number of aromatic amines is 2. The summed E-state index contributed by atoms with van der Waals surface area (Å²) in [7, 11) is 0. The third kappa shape index (κ3) is 2.36. The first kappa shape index (κ1) is 11.0. The van der Waals surface area contributed by atoms with E-state index < -0.39 is 5.91 Å². The number of rotatable bonds is 2. The molecule has 0 radical (unpaired) electrons. The Morgan fingerprint density at radius 1 is 1.29 bits per heavy atom. The highest BCUT2D eigenvalue weighted by molar-refractivity contribution is 6.03. The lowest BCUT2D eigenvalue weighted by atomic mass is 10.2. The van der Waals surface area contributed by atoms with Gasteiger partial charge < -0.3 is 10.4 Å². The van der Waals surface area contributed by atoms with Crippen LogP contribution in [0.5, 0.6) is 5.75 Å². The average Bonchev–Trinajstić information content (AvgIpc) is 2.70. The van der Waals surface area contributed by atoms with Crippen LogP contribution < -0.4 is 10.9 Å². The Hall–Kier alpha value is -2.50. The van der Waals surface area contributed by atoms with E-state index in [1.807, 2.05) is 6.92 Å². The summed E-state index contributed by atoms with van der Waals surface area (Å²) in [5, 5.41) is 16.7.